The molecule has 0 spiro atoms. The predicted molar refractivity (Wildman–Crippen MR) is 135 cm³/mol. The fraction of sp³-hybridized carbons (Fsp3) is 0.481. The number of carbonyl (C=O) groups excluding carboxylic acids is 2. The Morgan fingerprint density at radius 1 is 1.09 bits per heavy atom. The molecule has 2 amide bonds. The van der Waals surface area contributed by atoms with Gasteiger partial charge < -0.3 is 20.3 Å². The lowest BCUT2D eigenvalue weighted by Gasteiger charge is -2.39. The van der Waals surface area contributed by atoms with E-state index >= 15 is 0 Å². The smallest absolute Gasteiger partial charge is 0.407 e. The molecule has 34 heavy (non-hydrogen) atoms. The zero-order valence-corrected chi connectivity index (χ0v) is 20.6. The summed E-state index contributed by atoms with van der Waals surface area (Å²) in [5.74, 6) is 0.00183. The molecule has 0 aromatic heterocycles. The first-order valence-corrected chi connectivity index (χ1v) is 12.2. The van der Waals surface area contributed by atoms with E-state index in [0.29, 0.717) is 6.42 Å². The molecule has 2 aromatic carbocycles. The van der Waals surface area contributed by atoms with E-state index < -0.39 is 6.09 Å². The van der Waals surface area contributed by atoms with Gasteiger partial charge in [-0.1, -0.05) is 30.3 Å². The molecule has 0 aliphatic carbocycles. The van der Waals surface area contributed by atoms with E-state index in [4.69, 9.17) is 4.74 Å². The zero-order valence-electron chi connectivity index (χ0n) is 20.6. The number of anilines is 1. The van der Waals surface area contributed by atoms with Gasteiger partial charge in [-0.15, -0.1) is 0 Å². The van der Waals surface area contributed by atoms with Crippen LogP contribution >= 0.6 is 0 Å². The summed E-state index contributed by atoms with van der Waals surface area (Å²) in [7, 11) is 0. The van der Waals surface area contributed by atoms with Crippen LogP contribution in [0.15, 0.2) is 42.5 Å². The highest BCUT2D eigenvalue weighted by Crippen LogP contribution is 2.39. The highest BCUT2D eigenvalue weighted by atomic mass is 16.6. The Balaban J connectivity index is 1.59. The Bertz CT molecular complexity index is 1020. The van der Waals surface area contributed by atoms with Crippen LogP contribution in [-0.4, -0.2) is 55.2 Å². The highest BCUT2D eigenvalue weighted by Gasteiger charge is 2.33. The number of alkyl carbamates (subject to hydrolysis) is 1. The number of fused-ring (bicyclic) bond motifs is 1. The Morgan fingerprint density at radius 2 is 1.76 bits per heavy atom. The Kier molecular flexibility index (Phi) is 7.54. The number of benzene rings is 2. The third-order valence-electron chi connectivity index (χ3n) is 6.56. The van der Waals surface area contributed by atoms with Crippen LogP contribution in [0.25, 0.3) is 11.1 Å². The minimum Gasteiger partial charge on any atom is -0.447 e. The highest BCUT2D eigenvalue weighted by molar-refractivity contribution is 5.94. The summed E-state index contributed by atoms with van der Waals surface area (Å²) in [5, 5.41) is 6.41. The number of amides is 2. The summed E-state index contributed by atoms with van der Waals surface area (Å²) in [4.78, 5) is 29.1. The molecular formula is C27H36N4O3. The van der Waals surface area contributed by atoms with Gasteiger partial charge in [0.2, 0.25) is 5.91 Å². The van der Waals surface area contributed by atoms with Gasteiger partial charge in [-0.05, 0) is 61.6 Å². The van der Waals surface area contributed by atoms with Gasteiger partial charge in [-0.2, -0.15) is 0 Å². The van der Waals surface area contributed by atoms with Gasteiger partial charge in [-0.25, -0.2) is 4.79 Å². The van der Waals surface area contributed by atoms with Crippen LogP contribution in [-0.2, 0) is 16.1 Å². The van der Waals surface area contributed by atoms with E-state index in [1.807, 2.05) is 31.7 Å². The number of rotatable bonds is 5. The van der Waals surface area contributed by atoms with E-state index in [2.05, 4.69) is 51.9 Å². The van der Waals surface area contributed by atoms with Crippen LogP contribution in [0.1, 0.15) is 51.3 Å². The number of nitrogens with one attached hydrogen (secondary N) is 2. The lowest BCUT2D eigenvalue weighted by atomic mass is 9.89. The fourth-order valence-electron chi connectivity index (χ4n) is 4.98. The van der Waals surface area contributed by atoms with E-state index in [-0.39, 0.29) is 24.1 Å². The van der Waals surface area contributed by atoms with Crippen LogP contribution < -0.4 is 15.5 Å². The first-order valence-electron chi connectivity index (χ1n) is 12.2. The molecule has 7 nitrogen and oxygen atoms in total. The van der Waals surface area contributed by atoms with Crippen molar-refractivity contribution in [2.75, 3.05) is 31.1 Å². The SMILES string of the molecule is CC(=O)N1c2ccc(-c3ccc(CN4CCNCC4)cc3)cc2[C@@H](NC(=O)OC(C)C)C[C@H]1C. The minimum absolute atomic E-state index is 0.00183. The van der Waals surface area contributed by atoms with Crippen molar-refractivity contribution >= 4 is 17.7 Å². The van der Waals surface area contributed by atoms with Gasteiger partial charge >= 0.3 is 6.09 Å². The largest absolute Gasteiger partial charge is 0.447 e. The number of carbonyl (C=O) groups is 2. The van der Waals surface area contributed by atoms with E-state index in [1.165, 1.54) is 5.56 Å². The number of ether oxygens (including phenoxy) is 1. The maximum absolute atomic E-state index is 12.4. The molecule has 2 aliphatic heterocycles. The van der Waals surface area contributed by atoms with Crippen LogP contribution in [0.5, 0.6) is 0 Å². The summed E-state index contributed by atoms with van der Waals surface area (Å²) in [6.45, 7) is 12.5. The second-order valence-electron chi connectivity index (χ2n) is 9.62. The first kappa shape index (κ1) is 24.2. The molecule has 2 heterocycles. The molecule has 0 bridgehead atoms. The van der Waals surface area contributed by atoms with Crippen molar-refractivity contribution in [3.05, 3.63) is 53.6 Å². The van der Waals surface area contributed by atoms with Crippen LogP contribution in [0, 0.1) is 0 Å². The van der Waals surface area contributed by atoms with Crippen LogP contribution in [0.2, 0.25) is 0 Å². The second kappa shape index (κ2) is 10.6. The quantitative estimate of drug-likeness (QED) is 0.698. The van der Waals surface area contributed by atoms with Crippen molar-refractivity contribution in [2.24, 2.45) is 0 Å². The normalized spacial score (nSPS) is 20.7. The van der Waals surface area contributed by atoms with Gasteiger partial charge in [0.1, 0.15) is 0 Å². The molecule has 2 aromatic rings. The van der Waals surface area contributed by atoms with Gasteiger partial charge in [0.25, 0.3) is 0 Å². The Hall–Kier alpha value is -2.90. The van der Waals surface area contributed by atoms with E-state index in [0.717, 1.165) is 55.1 Å². The molecule has 2 N–H and O–H groups in total. The molecular weight excluding hydrogens is 428 g/mol. The summed E-state index contributed by atoms with van der Waals surface area (Å²) < 4.78 is 5.33. The monoisotopic (exact) mass is 464 g/mol. The van der Waals surface area contributed by atoms with Crippen molar-refractivity contribution < 1.29 is 14.3 Å². The molecule has 7 heteroatoms. The molecule has 2 aliphatic rings. The molecule has 1 fully saturated rings. The summed E-state index contributed by atoms with van der Waals surface area (Å²) in [6.07, 6.45) is 0.00435. The van der Waals surface area contributed by atoms with Gasteiger partial charge in [-0.3, -0.25) is 9.69 Å². The Morgan fingerprint density at radius 3 is 2.41 bits per heavy atom. The topological polar surface area (TPSA) is 73.9 Å². The van der Waals surface area contributed by atoms with Crippen molar-refractivity contribution in [2.45, 2.75) is 58.8 Å². The van der Waals surface area contributed by atoms with Crippen molar-refractivity contribution in [3.8, 4) is 11.1 Å². The maximum atomic E-state index is 12.4. The van der Waals surface area contributed by atoms with Crippen LogP contribution in [0.4, 0.5) is 10.5 Å². The van der Waals surface area contributed by atoms with Crippen molar-refractivity contribution in [3.63, 3.8) is 0 Å². The van der Waals surface area contributed by atoms with Crippen molar-refractivity contribution in [1.82, 2.24) is 15.5 Å². The molecule has 2 atom stereocenters. The van der Waals surface area contributed by atoms with E-state index in [9.17, 15) is 9.59 Å². The molecule has 182 valence electrons. The molecule has 0 unspecified atom stereocenters. The third kappa shape index (κ3) is 5.59. The van der Waals surface area contributed by atoms with Gasteiger partial charge in [0.15, 0.2) is 0 Å². The Labute approximate surface area is 202 Å². The molecule has 0 radical (unpaired) electrons. The van der Waals surface area contributed by atoms with Gasteiger partial charge in [0.05, 0.1) is 12.1 Å². The van der Waals surface area contributed by atoms with E-state index in [1.54, 1.807) is 6.92 Å². The zero-order chi connectivity index (χ0) is 24.2. The van der Waals surface area contributed by atoms with Crippen molar-refractivity contribution in [1.29, 1.82) is 0 Å². The average Bonchev–Trinajstić information content (AvgIpc) is 2.79. The fourth-order valence-corrected chi connectivity index (χ4v) is 4.98. The van der Waals surface area contributed by atoms with Gasteiger partial charge in [0, 0.05) is 51.4 Å². The maximum Gasteiger partial charge on any atom is 0.407 e. The van der Waals surface area contributed by atoms with Crippen LogP contribution in [0.3, 0.4) is 0 Å². The lowest BCUT2D eigenvalue weighted by Crippen LogP contribution is -2.45. The number of hydrogen-bond donors (Lipinski definition) is 2. The number of nitrogens with zero attached hydrogens (tertiary/aromatic N) is 2. The predicted octanol–water partition coefficient (Wildman–Crippen LogP) is 4.08. The number of hydrogen-bond acceptors (Lipinski definition) is 5. The summed E-state index contributed by atoms with van der Waals surface area (Å²) in [6, 6.07) is 14.6. The third-order valence-corrected chi connectivity index (χ3v) is 6.56. The standard InChI is InChI=1S/C27H36N4O3/c1-18(2)34-27(33)29-25-15-19(3)31(20(4)32)26-10-9-23(16-24(25)26)22-7-5-21(6-8-22)17-30-13-11-28-12-14-30/h5-10,16,18-19,25,28H,11-15,17H2,1-4H3,(H,29,33)/t19-,25+/m1/s1. The second-order valence-corrected chi connectivity index (χ2v) is 9.62. The molecule has 0 saturated carbocycles. The average molecular weight is 465 g/mol. The number of piperazine rings is 1. The molecule has 4 rings (SSSR count). The summed E-state index contributed by atoms with van der Waals surface area (Å²) in [5.41, 5.74) is 5.27. The lowest BCUT2D eigenvalue weighted by molar-refractivity contribution is -0.117. The summed E-state index contributed by atoms with van der Waals surface area (Å²) >= 11 is 0. The minimum atomic E-state index is -0.433. The first-order chi connectivity index (χ1) is 16.3. The molecule has 1 saturated heterocycles.